The molecule has 0 fully saturated rings. The fraction of sp³-hybridized carbons (Fsp3) is 0.292. The highest BCUT2D eigenvalue weighted by molar-refractivity contribution is 6.12. The maximum atomic E-state index is 12.6. The van der Waals surface area contributed by atoms with E-state index >= 15 is 0 Å². The predicted octanol–water partition coefficient (Wildman–Crippen LogP) is 4.12. The lowest BCUT2D eigenvalue weighted by atomic mass is 9.95. The molecule has 0 aliphatic heterocycles. The minimum atomic E-state index is -0.167. The molecule has 0 saturated heterocycles. The van der Waals surface area contributed by atoms with Crippen LogP contribution in [-0.4, -0.2) is 47.6 Å². The molecular formula is C24H26N4O2. The summed E-state index contributed by atoms with van der Waals surface area (Å²) in [6.07, 6.45) is 1.71. The number of H-pyrrole nitrogens is 1. The van der Waals surface area contributed by atoms with Crippen molar-refractivity contribution in [2.45, 2.75) is 19.8 Å². The molecule has 154 valence electrons. The summed E-state index contributed by atoms with van der Waals surface area (Å²) >= 11 is 0. The highest BCUT2D eigenvalue weighted by atomic mass is 16.5. The molecule has 1 N–H and O–H groups in total. The van der Waals surface area contributed by atoms with E-state index in [0.717, 1.165) is 23.1 Å². The topological polar surface area (TPSA) is 71.1 Å². The minimum Gasteiger partial charge on any atom is -0.481 e. The molecule has 1 atom stereocenters. The Morgan fingerprint density at radius 1 is 1.17 bits per heavy atom. The summed E-state index contributed by atoms with van der Waals surface area (Å²) in [5, 5.41) is 1.40. The number of nitrogens with zero attached hydrogens (tertiary/aromatic N) is 3. The summed E-state index contributed by atoms with van der Waals surface area (Å²) < 4.78 is 5.66. The Balaban J connectivity index is 1.99. The molecule has 6 heteroatoms. The molecule has 30 heavy (non-hydrogen) atoms. The highest BCUT2D eigenvalue weighted by Gasteiger charge is 2.20. The smallest absolute Gasteiger partial charge is 0.257 e. The lowest BCUT2D eigenvalue weighted by Crippen LogP contribution is -2.18. The largest absolute Gasteiger partial charge is 0.481 e. The van der Waals surface area contributed by atoms with Crippen LogP contribution in [-0.2, 0) is 0 Å². The van der Waals surface area contributed by atoms with Crippen LogP contribution in [0.15, 0.2) is 47.4 Å². The number of aromatic nitrogens is 3. The van der Waals surface area contributed by atoms with Gasteiger partial charge in [0, 0.05) is 18.1 Å². The number of fused-ring (bicyclic) bond motifs is 3. The van der Waals surface area contributed by atoms with Gasteiger partial charge in [0.25, 0.3) is 5.56 Å². The van der Waals surface area contributed by atoms with Crippen molar-refractivity contribution in [2.24, 2.45) is 0 Å². The summed E-state index contributed by atoms with van der Waals surface area (Å²) in [7, 11) is 5.78. The van der Waals surface area contributed by atoms with Crippen molar-refractivity contribution in [3.05, 3.63) is 64.2 Å². The normalized spacial score (nSPS) is 12.6. The fourth-order valence-corrected chi connectivity index (χ4v) is 4.08. The molecule has 3 aromatic heterocycles. The third-order valence-corrected chi connectivity index (χ3v) is 5.47. The Kier molecular flexibility index (Phi) is 5.26. The van der Waals surface area contributed by atoms with Gasteiger partial charge in [-0.25, -0.2) is 4.98 Å². The Bertz CT molecular complexity index is 1280. The van der Waals surface area contributed by atoms with Gasteiger partial charge in [-0.15, -0.1) is 0 Å². The van der Waals surface area contributed by atoms with Crippen LogP contribution in [0.5, 0.6) is 5.88 Å². The van der Waals surface area contributed by atoms with Crippen LogP contribution >= 0.6 is 0 Å². The Morgan fingerprint density at radius 2 is 1.90 bits per heavy atom. The van der Waals surface area contributed by atoms with Crippen molar-refractivity contribution in [3.8, 4) is 17.0 Å². The number of hydrogen-bond donors (Lipinski definition) is 1. The van der Waals surface area contributed by atoms with Gasteiger partial charge in [-0.1, -0.05) is 31.2 Å². The Labute approximate surface area is 175 Å². The second kappa shape index (κ2) is 7.88. The second-order valence-corrected chi connectivity index (χ2v) is 7.97. The number of pyridine rings is 3. The van der Waals surface area contributed by atoms with E-state index in [1.807, 2.05) is 6.92 Å². The van der Waals surface area contributed by atoms with E-state index < -0.39 is 0 Å². The molecular weight excluding hydrogens is 376 g/mol. The maximum Gasteiger partial charge on any atom is 0.257 e. The first-order valence-corrected chi connectivity index (χ1v) is 10.0. The Hall–Kier alpha value is -3.25. The third-order valence-electron chi connectivity index (χ3n) is 5.47. The molecule has 0 aliphatic carbocycles. The molecule has 1 unspecified atom stereocenters. The maximum absolute atomic E-state index is 12.6. The molecule has 0 aliphatic rings. The van der Waals surface area contributed by atoms with E-state index in [1.165, 1.54) is 5.56 Å². The lowest BCUT2D eigenvalue weighted by Gasteiger charge is -2.18. The number of nitrogens with one attached hydrogen (secondary N) is 1. The summed E-state index contributed by atoms with van der Waals surface area (Å²) in [5.41, 5.74) is 4.96. The summed E-state index contributed by atoms with van der Waals surface area (Å²) in [6, 6.07) is 12.0. The Morgan fingerprint density at radius 3 is 2.57 bits per heavy atom. The number of likely N-dealkylation sites (N-methyl/N-ethyl adjacent to an activating group) is 1. The lowest BCUT2D eigenvalue weighted by molar-refractivity contribution is 0.383. The van der Waals surface area contributed by atoms with Gasteiger partial charge in [-0.05, 0) is 50.2 Å². The first kappa shape index (κ1) is 20.0. The van der Waals surface area contributed by atoms with E-state index in [9.17, 15) is 4.79 Å². The number of aryl methyl sites for hydroxylation is 1. The number of hydrogen-bond acceptors (Lipinski definition) is 5. The number of rotatable bonds is 5. The number of methoxy groups -OCH3 is 1. The van der Waals surface area contributed by atoms with Crippen LogP contribution in [0.25, 0.3) is 32.9 Å². The first-order chi connectivity index (χ1) is 14.4. The van der Waals surface area contributed by atoms with Gasteiger partial charge >= 0.3 is 0 Å². The number of benzene rings is 1. The minimum absolute atomic E-state index is 0.167. The summed E-state index contributed by atoms with van der Waals surface area (Å²) in [4.78, 5) is 26.9. The van der Waals surface area contributed by atoms with Crippen LogP contribution in [0.3, 0.4) is 0 Å². The zero-order chi connectivity index (χ0) is 21.4. The first-order valence-electron chi connectivity index (χ1n) is 10.0. The number of aromatic amines is 1. The molecule has 0 amide bonds. The third kappa shape index (κ3) is 3.44. The van der Waals surface area contributed by atoms with Gasteiger partial charge in [0.2, 0.25) is 5.88 Å². The standard InChI is InChI=1S/C24H26N4O2/c1-14(13-28(3)4)16-8-10-17(11-9-16)19-20-21(15(2)26-24(19)30-5)27-23(29)18-7-6-12-25-22(18)20/h6-12,14H,13H2,1-5H3,(H,27,29). The van der Waals surface area contributed by atoms with E-state index in [1.54, 1.807) is 25.4 Å². The van der Waals surface area contributed by atoms with Gasteiger partial charge in [-0.3, -0.25) is 9.78 Å². The van der Waals surface area contributed by atoms with E-state index in [4.69, 9.17) is 4.74 Å². The van der Waals surface area contributed by atoms with Crippen LogP contribution in [0.1, 0.15) is 24.1 Å². The van der Waals surface area contributed by atoms with E-state index in [-0.39, 0.29) is 5.56 Å². The monoisotopic (exact) mass is 402 g/mol. The molecule has 1 aromatic carbocycles. The molecule has 0 saturated carbocycles. The molecule has 6 nitrogen and oxygen atoms in total. The summed E-state index contributed by atoms with van der Waals surface area (Å²) in [5.74, 6) is 0.941. The van der Waals surface area contributed by atoms with Crippen molar-refractivity contribution in [3.63, 3.8) is 0 Å². The highest BCUT2D eigenvalue weighted by Crippen LogP contribution is 2.38. The van der Waals surface area contributed by atoms with Crippen molar-refractivity contribution in [2.75, 3.05) is 27.7 Å². The van der Waals surface area contributed by atoms with Crippen molar-refractivity contribution in [1.29, 1.82) is 0 Å². The average molecular weight is 402 g/mol. The molecule has 0 bridgehead atoms. The second-order valence-electron chi connectivity index (χ2n) is 7.97. The zero-order valence-corrected chi connectivity index (χ0v) is 18.0. The van der Waals surface area contributed by atoms with E-state index in [0.29, 0.717) is 33.9 Å². The average Bonchev–Trinajstić information content (AvgIpc) is 2.74. The predicted molar refractivity (Wildman–Crippen MR) is 121 cm³/mol. The molecule has 4 aromatic rings. The van der Waals surface area contributed by atoms with Crippen LogP contribution in [0, 0.1) is 6.92 Å². The fourth-order valence-electron chi connectivity index (χ4n) is 4.08. The quantitative estimate of drug-likeness (QED) is 0.509. The summed E-state index contributed by atoms with van der Waals surface area (Å²) in [6.45, 7) is 5.07. The van der Waals surface area contributed by atoms with Gasteiger partial charge in [0.1, 0.15) is 0 Å². The number of ether oxygens (including phenoxy) is 1. The van der Waals surface area contributed by atoms with Crippen LogP contribution < -0.4 is 10.3 Å². The molecule has 3 heterocycles. The molecule has 0 radical (unpaired) electrons. The van der Waals surface area contributed by atoms with Crippen LogP contribution in [0.2, 0.25) is 0 Å². The zero-order valence-electron chi connectivity index (χ0n) is 18.0. The molecule has 4 rings (SSSR count). The van der Waals surface area contributed by atoms with Gasteiger partial charge in [0.05, 0.1) is 34.8 Å². The van der Waals surface area contributed by atoms with Crippen LogP contribution in [0.4, 0.5) is 0 Å². The van der Waals surface area contributed by atoms with Gasteiger partial charge < -0.3 is 14.6 Å². The molecule has 0 spiro atoms. The van der Waals surface area contributed by atoms with Crippen molar-refractivity contribution in [1.82, 2.24) is 19.9 Å². The van der Waals surface area contributed by atoms with Gasteiger partial charge in [0.15, 0.2) is 0 Å². The van der Waals surface area contributed by atoms with Gasteiger partial charge in [-0.2, -0.15) is 0 Å². The van der Waals surface area contributed by atoms with Crippen molar-refractivity contribution >= 4 is 21.8 Å². The van der Waals surface area contributed by atoms with Crippen molar-refractivity contribution < 1.29 is 4.74 Å². The SMILES string of the molecule is COc1nc(C)c2[nH]c(=O)c3cccnc3c2c1-c1ccc(C(C)CN(C)C)cc1. The van der Waals surface area contributed by atoms with E-state index in [2.05, 4.69) is 65.1 Å².